The molecule has 2 N–H and O–H groups in total. The van der Waals surface area contributed by atoms with Crippen LogP contribution in [-0.4, -0.2) is 45.4 Å². The van der Waals surface area contributed by atoms with Crippen molar-refractivity contribution >= 4 is 11.0 Å². The predicted octanol–water partition coefficient (Wildman–Crippen LogP) is 3.17. The summed E-state index contributed by atoms with van der Waals surface area (Å²) in [6.45, 7) is 8.43. The maximum absolute atomic E-state index is 5.75. The normalized spacial score (nSPS) is 17.6. The van der Waals surface area contributed by atoms with Gasteiger partial charge in [0, 0.05) is 37.1 Å². The van der Waals surface area contributed by atoms with Gasteiger partial charge in [-0.15, -0.1) is 0 Å². The van der Waals surface area contributed by atoms with Gasteiger partial charge in [0.15, 0.2) is 5.65 Å². The Bertz CT molecular complexity index is 918. The van der Waals surface area contributed by atoms with Gasteiger partial charge in [-0.3, -0.25) is 4.90 Å². The molecule has 6 nitrogen and oxygen atoms in total. The minimum Gasteiger partial charge on any atom is -0.491 e. The van der Waals surface area contributed by atoms with Crippen LogP contribution in [0.15, 0.2) is 42.6 Å². The number of nitrogens with zero attached hydrogens (tertiary/aromatic N) is 4. The lowest BCUT2D eigenvalue weighted by atomic mass is 10.0. The molecule has 1 saturated heterocycles. The van der Waals surface area contributed by atoms with Gasteiger partial charge in [0.05, 0.1) is 18.3 Å². The Kier molecular flexibility index (Phi) is 5.59. The number of hydrogen-bond acceptors (Lipinski definition) is 5. The van der Waals surface area contributed by atoms with Crippen molar-refractivity contribution in [3.8, 4) is 5.75 Å². The van der Waals surface area contributed by atoms with Gasteiger partial charge in [-0.2, -0.15) is 5.10 Å². The highest BCUT2D eigenvalue weighted by Crippen LogP contribution is 2.32. The van der Waals surface area contributed by atoms with E-state index in [-0.39, 0.29) is 6.10 Å². The fourth-order valence-electron chi connectivity index (χ4n) is 4.02. The van der Waals surface area contributed by atoms with E-state index in [0.717, 1.165) is 42.8 Å². The van der Waals surface area contributed by atoms with E-state index >= 15 is 0 Å². The Hall–Kier alpha value is -2.44. The van der Waals surface area contributed by atoms with Crippen molar-refractivity contribution in [2.24, 2.45) is 5.73 Å². The lowest BCUT2D eigenvalue weighted by Gasteiger charge is -2.16. The molecule has 1 aromatic carbocycles. The SMILES string of the molecule is CC(C)Oc1ccc(CN2CC[C@@H](c3nn(CCN)c4ncccc34)C2)cc1. The van der Waals surface area contributed by atoms with Crippen LogP contribution < -0.4 is 10.5 Å². The third-order valence-electron chi connectivity index (χ3n) is 5.24. The molecule has 1 fully saturated rings. The van der Waals surface area contributed by atoms with Gasteiger partial charge in [-0.1, -0.05) is 12.1 Å². The summed E-state index contributed by atoms with van der Waals surface area (Å²) in [6, 6.07) is 12.6. The minimum atomic E-state index is 0.202. The van der Waals surface area contributed by atoms with Crippen molar-refractivity contribution in [3.63, 3.8) is 0 Å². The van der Waals surface area contributed by atoms with E-state index in [0.29, 0.717) is 19.0 Å². The average molecular weight is 380 g/mol. The van der Waals surface area contributed by atoms with E-state index < -0.39 is 0 Å². The molecule has 28 heavy (non-hydrogen) atoms. The topological polar surface area (TPSA) is 69.2 Å². The molecule has 0 saturated carbocycles. The molecule has 1 aliphatic rings. The van der Waals surface area contributed by atoms with E-state index in [1.54, 1.807) is 0 Å². The van der Waals surface area contributed by atoms with Crippen LogP contribution in [0.3, 0.4) is 0 Å². The molecule has 0 aliphatic carbocycles. The summed E-state index contributed by atoms with van der Waals surface area (Å²) < 4.78 is 7.70. The molecule has 148 valence electrons. The number of hydrogen-bond donors (Lipinski definition) is 1. The van der Waals surface area contributed by atoms with E-state index in [9.17, 15) is 0 Å². The summed E-state index contributed by atoms with van der Waals surface area (Å²) in [5.74, 6) is 1.37. The van der Waals surface area contributed by atoms with Crippen molar-refractivity contribution in [2.45, 2.75) is 45.4 Å². The number of ether oxygens (including phenoxy) is 1. The van der Waals surface area contributed by atoms with Crippen molar-refractivity contribution in [2.75, 3.05) is 19.6 Å². The van der Waals surface area contributed by atoms with Gasteiger partial charge < -0.3 is 10.5 Å². The number of rotatable bonds is 7. The fourth-order valence-corrected chi connectivity index (χ4v) is 4.02. The molecule has 1 atom stereocenters. The first-order chi connectivity index (χ1) is 13.6. The zero-order valence-electron chi connectivity index (χ0n) is 16.7. The van der Waals surface area contributed by atoms with Gasteiger partial charge in [0.25, 0.3) is 0 Å². The van der Waals surface area contributed by atoms with Gasteiger partial charge in [-0.25, -0.2) is 9.67 Å². The monoisotopic (exact) mass is 379 g/mol. The first-order valence-corrected chi connectivity index (χ1v) is 10.1. The molecular formula is C22H29N5O. The zero-order chi connectivity index (χ0) is 19.5. The van der Waals surface area contributed by atoms with Gasteiger partial charge in [-0.05, 0) is 56.6 Å². The molecule has 0 amide bonds. The van der Waals surface area contributed by atoms with Crippen LogP contribution >= 0.6 is 0 Å². The van der Waals surface area contributed by atoms with Crippen LogP contribution in [0, 0.1) is 0 Å². The lowest BCUT2D eigenvalue weighted by molar-refractivity contribution is 0.242. The van der Waals surface area contributed by atoms with Gasteiger partial charge in [0.2, 0.25) is 0 Å². The second kappa shape index (κ2) is 8.29. The van der Waals surface area contributed by atoms with Crippen LogP contribution in [0.5, 0.6) is 5.75 Å². The van der Waals surface area contributed by atoms with Crippen LogP contribution in [0.25, 0.3) is 11.0 Å². The third kappa shape index (κ3) is 4.03. The number of aromatic nitrogens is 3. The zero-order valence-corrected chi connectivity index (χ0v) is 16.7. The molecule has 4 rings (SSSR count). The van der Waals surface area contributed by atoms with Gasteiger partial charge in [0.1, 0.15) is 5.75 Å². The molecule has 0 unspecified atom stereocenters. The minimum absolute atomic E-state index is 0.202. The number of likely N-dealkylation sites (tertiary alicyclic amines) is 1. The molecule has 3 aromatic rings. The smallest absolute Gasteiger partial charge is 0.158 e. The number of fused-ring (bicyclic) bond motifs is 1. The van der Waals surface area contributed by atoms with E-state index in [4.69, 9.17) is 15.6 Å². The van der Waals surface area contributed by atoms with E-state index in [1.807, 2.05) is 30.8 Å². The molecule has 0 spiro atoms. The summed E-state index contributed by atoms with van der Waals surface area (Å²) in [5.41, 5.74) is 9.18. The molecule has 2 aromatic heterocycles. The average Bonchev–Trinajstić information content (AvgIpc) is 3.28. The van der Waals surface area contributed by atoms with Crippen molar-refractivity contribution < 1.29 is 4.74 Å². The Morgan fingerprint density at radius 1 is 1.21 bits per heavy atom. The third-order valence-corrected chi connectivity index (χ3v) is 5.24. The maximum Gasteiger partial charge on any atom is 0.158 e. The summed E-state index contributed by atoms with van der Waals surface area (Å²) in [7, 11) is 0. The lowest BCUT2D eigenvalue weighted by Crippen LogP contribution is -2.20. The number of benzene rings is 1. The summed E-state index contributed by atoms with van der Waals surface area (Å²) in [5, 5.41) is 6.04. The van der Waals surface area contributed by atoms with Crippen LogP contribution in [-0.2, 0) is 13.1 Å². The Balaban J connectivity index is 1.45. The van der Waals surface area contributed by atoms with E-state index in [2.05, 4.69) is 40.2 Å². The fraction of sp³-hybridized carbons (Fsp3) is 0.455. The Morgan fingerprint density at radius 2 is 2.04 bits per heavy atom. The van der Waals surface area contributed by atoms with Crippen LogP contribution in [0.2, 0.25) is 0 Å². The van der Waals surface area contributed by atoms with Crippen molar-refractivity contribution in [1.82, 2.24) is 19.7 Å². The highest BCUT2D eigenvalue weighted by Gasteiger charge is 2.28. The highest BCUT2D eigenvalue weighted by atomic mass is 16.5. The molecule has 0 radical (unpaired) electrons. The number of nitrogens with two attached hydrogens (primary N) is 1. The largest absolute Gasteiger partial charge is 0.491 e. The summed E-state index contributed by atoms with van der Waals surface area (Å²) >= 11 is 0. The Morgan fingerprint density at radius 3 is 2.79 bits per heavy atom. The van der Waals surface area contributed by atoms with Crippen molar-refractivity contribution in [1.29, 1.82) is 0 Å². The van der Waals surface area contributed by atoms with Crippen molar-refractivity contribution in [3.05, 3.63) is 53.9 Å². The second-order valence-electron chi connectivity index (χ2n) is 7.80. The predicted molar refractivity (Wildman–Crippen MR) is 111 cm³/mol. The first-order valence-electron chi connectivity index (χ1n) is 10.1. The standard InChI is InChI=1S/C22H29N5O/c1-16(2)28-19-7-5-17(6-8-19)14-26-12-9-18(15-26)21-20-4-3-11-24-22(20)27(25-21)13-10-23/h3-8,11,16,18H,9-10,12-15,23H2,1-2H3/t18-/m1/s1. The molecule has 0 bridgehead atoms. The maximum atomic E-state index is 5.75. The Labute approximate surface area is 166 Å². The molecular weight excluding hydrogens is 350 g/mol. The summed E-state index contributed by atoms with van der Waals surface area (Å²) in [4.78, 5) is 7.03. The first kappa shape index (κ1) is 18.9. The summed E-state index contributed by atoms with van der Waals surface area (Å²) in [6.07, 6.45) is 3.15. The van der Waals surface area contributed by atoms with E-state index in [1.165, 1.54) is 11.3 Å². The van der Waals surface area contributed by atoms with Crippen LogP contribution in [0.1, 0.15) is 37.4 Å². The van der Waals surface area contributed by atoms with Gasteiger partial charge >= 0.3 is 0 Å². The quantitative estimate of drug-likeness (QED) is 0.683. The molecule has 1 aliphatic heterocycles. The molecule has 3 heterocycles. The second-order valence-corrected chi connectivity index (χ2v) is 7.80. The highest BCUT2D eigenvalue weighted by molar-refractivity contribution is 5.78. The number of pyridine rings is 1. The molecule has 6 heteroatoms. The van der Waals surface area contributed by atoms with Crippen LogP contribution in [0.4, 0.5) is 0 Å².